The summed E-state index contributed by atoms with van der Waals surface area (Å²) >= 11 is 0. The van der Waals surface area contributed by atoms with Crippen LogP contribution in [-0.2, 0) is 4.74 Å². The molecule has 0 aromatic carbocycles. The van der Waals surface area contributed by atoms with E-state index in [1.807, 2.05) is 0 Å². The molecule has 2 aromatic rings. The van der Waals surface area contributed by atoms with Crippen LogP contribution in [0.4, 0.5) is 19.0 Å². The van der Waals surface area contributed by atoms with Gasteiger partial charge < -0.3 is 31.1 Å². The normalized spacial score (nSPS) is 29.4. The van der Waals surface area contributed by atoms with Gasteiger partial charge in [0.2, 0.25) is 5.60 Å². The predicted octanol–water partition coefficient (Wildman–Crippen LogP) is -1.26. The van der Waals surface area contributed by atoms with E-state index in [0.29, 0.717) is 6.54 Å². The van der Waals surface area contributed by atoms with Crippen LogP contribution in [0.25, 0.3) is 11.2 Å². The van der Waals surface area contributed by atoms with Gasteiger partial charge in [-0.15, -0.1) is 0 Å². The Balaban J connectivity index is 2.10. The number of ether oxygens (including phenoxy) is 1. The number of rotatable bonds is 5. The van der Waals surface area contributed by atoms with Gasteiger partial charge in [-0.1, -0.05) is 0 Å². The van der Waals surface area contributed by atoms with E-state index in [4.69, 9.17) is 15.6 Å². The predicted molar refractivity (Wildman–Crippen MR) is 80.9 cm³/mol. The average Bonchev–Trinajstić information content (AvgIpc) is 3.13. The van der Waals surface area contributed by atoms with Crippen LogP contribution in [0.15, 0.2) is 12.7 Å². The van der Waals surface area contributed by atoms with Crippen molar-refractivity contribution in [2.24, 2.45) is 5.73 Å². The van der Waals surface area contributed by atoms with E-state index in [0.717, 1.165) is 17.2 Å². The molecule has 0 radical (unpaired) electrons. The highest BCUT2D eigenvalue weighted by Gasteiger charge is 2.70. The van der Waals surface area contributed by atoms with Gasteiger partial charge in [-0.3, -0.25) is 4.57 Å². The SMILES string of the molecule is NCCNc1ncnc2c1ncn2C1OC(CO)C(O)[C@]1(O)C(F)(F)F. The molecule has 26 heavy (non-hydrogen) atoms. The first-order chi connectivity index (χ1) is 12.3. The second-order valence-corrected chi connectivity index (χ2v) is 5.74. The Hall–Kier alpha value is -2.06. The minimum Gasteiger partial charge on any atom is -0.394 e. The van der Waals surface area contributed by atoms with E-state index in [1.54, 1.807) is 0 Å². The number of halogens is 3. The van der Waals surface area contributed by atoms with E-state index in [9.17, 15) is 23.4 Å². The molecule has 13 heteroatoms. The fourth-order valence-corrected chi connectivity index (χ4v) is 2.84. The molecular formula is C13H17F3N6O4. The Labute approximate surface area is 144 Å². The number of aromatic nitrogens is 4. The summed E-state index contributed by atoms with van der Waals surface area (Å²) in [6.45, 7) is -0.284. The van der Waals surface area contributed by atoms with Crippen LogP contribution in [0.5, 0.6) is 0 Å². The third kappa shape index (κ3) is 2.68. The number of anilines is 1. The van der Waals surface area contributed by atoms with Gasteiger partial charge in [-0.25, -0.2) is 15.0 Å². The number of hydrogen-bond donors (Lipinski definition) is 5. The highest BCUT2D eigenvalue weighted by molar-refractivity contribution is 5.82. The summed E-state index contributed by atoms with van der Waals surface area (Å²) in [7, 11) is 0. The summed E-state index contributed by atoms with van der Waals surface area (Å²) in [5, 5.41) is 32.2. The molecule has 4 atom stereocenters. The van der Waals surface area contributed by atoms with Crippen molar-refractivity contribution in [3.05, 3.63) is 12.7 Å². The molecule has 1 aliphatic heterocycles. The lowest BCUT2D eigenvalue weighted by molar-refractivity contribution is -0.303. The second-order valence-electron chi connectivity index (χ2n) is 5.74. The van der Waals surface area contributed by atoms with Gasteiger partial charge in [-0.05, 0) is 0 Å². The minimum atomic E-state index is -5.24. The molecule has 1 aliphatic rings. The summed E-state index contributed by atoms with van der Waals surface area (Å²) in [5.74, 6) is 0.243. The zero-order valence-electron chi connectivity index (χ0n) is 13.3. The molecule has 0 amide bonds. The van der Waals surface area contributed by atoms with Gasteiger partial charge >= 0.3 is 6.18 Å². The Morgan fingerprint density at radius 3 is 2.69 bits per heavy atom. The Morgan fingerprint density at radius 2 is 2.08 bits per heavy atom. The quantitative estimate of drug-likeness (QED) is 0.429. The Morgan fingerprint density at radius 1 is 1.35 bits per heavy atom. The van der Waals surface area contributed by atoms with Crippen LogP contribution < -0.4 is 11.1 Å². The lowest BCUT2D eigenvalue weighted by Crippen LogP contribution is -2.57. The first-order valence-corrected chi connectivity index (χ1v) is 7.60. The number of aliphatic hydroxyl groups is 3. The van der Waals surface area contributed by atoms with Gasteiger partial charge in [0.15, 0.2) is 23.2 Å². The van der Waals surface area contributed by atoms with Crippen molar-refractivity contribution in [2.45, 2.75) is 30.2 Å². The molecule has 0 saturated carbocycles. The van der Waals surface area contributed by atoms with E-state index in [2.05, 4.69) is 20.3 Å². The van der Waals surface area contributed by atoms with Crippen molar-refractivity contribution < 1.29 is 33.2 Å². The number of nitrogens with zero attached hydrogens (tertiary/aromatic N) is 4. The fraction of sp³-hybridized carbons (Fsp3) is 0.615. The van der Waals surface area contributed by atoms with Crippen LogP contribution in [-0.4, -0.2) is 78.5 Å². The summed E-state index contributed by atoms with van der Waals surface area (Å²) in [4.78, 5) is 11.8. The smallest absolute Gasteiger partial charge is 0.394 e. The number of hydrogen-bond acceptors (Lipinski definition) is 9. The molecule has 0 aliphatic carbocycles. The van der Waals surface area contributed by atoms with Gasteiger partial charge in [0.05, 0.1) is 12.9 Å². The fourth-order valence-electron chi connectivity index (χ4n) is 2.84. The molecule has 0 spiro atoms. The number of nitrogens with one attached hydrogen (secondary N) is 1. The van der Waals surface area contributed by atoms with Crippen LogP contribution >= 0.6 is 0 Å². The summed E-state index contributed by atoms with van der Waals surface area (Å²) in [6.07, 6.45) is -9.29. The van der Waals surface area contributed by atoms with Crippen molar-refractivity contribution in [3.63, 3.8) is 0 Å². The van der Waals surface area contributed by atoms with E-state index in [-0.39, 0.29) is 23.5 Å². The molecule has 2 aromatic heterocycles. The molecule has 1 saturated heterocycles. The number of imidazole rings is 1. The van der Waals surface area contributed by atoms with Crippen LogP contribution in [0.2, 0.25) is 0 Å². The van der Waals surface area contributed by atoms with E-state index < -0.39 is 36.8 Å². The van der Waals surface area contributed by atoms with E-state index >= 15 is 0 Å². The van der Waals surface area contributed by atoms with Crippen LogP contribution in [0.3, 0.4) is 0 Å². The van der Waals surface area contributed by atoms with Crippen molar-refractivity contribution in [2.75, 3.05) is 25.0 Å². The number of fused-ring (bicyclic) bond motifs is 1. The van der Waals surface area contributed by atoms with Gasteiger partial charge in [0.1, 0.15) is 18.5 Å². The maximum Gasteiger partial charge on any atom is 0.424 e. The first kappa shape index (κ1) is 18.7. The molecule has 3 heterocycles. The number of nitrogens with two attached hydrogens (primary N) is 1. The topological polar surface area (TPSA) is 152 Å². The van der Waals surface area contributed by atoms with Crippen molar-refractivity contribution in [1.29, 1.82) is 0 Å². The average molecular weight is 378 g/mol. The standard InChI is InChI=1S/C13H17F3N6O4/c14-13(15,16)12(25)8(24)6(3-23)26-11(12)22-5-21-7-9(18-2-1-17)19-4-20-10(7)22/h4-6,8,11,23-25H,1-3,17H2,(H,18,19,20)/t6?,8?,11?,12-/m1/s1. The molecule has 10 nitrogen and oxygen atoms in total. The van der Waals surface area contributed by atoms with Gasteiger partial charge in [0.25, 0.3) is 0 Å². The van der Waals surface area contributed by atoms with Crippen LogP contribution in [0, 0.1) is 0 Å². The number of alkyl halides is 3. The third-order valence-corrected chi connectivity index (χ3v) is 4.17. The second kappa shape index (κ2) is 6.59. The largest absolute Gasteiger partial charge is 0.424 e. The number of aliphatic hydroxyl groups excluding tert-OH is 2. The van der Waals surface area contributed by atoms with Crippen molar-refractivity contribution >= 4 is 17.0 Å². The van der Waals surface area contributed by atoms with Gasteiger partial charge in [-0.2, -0.15) is 13.2 Å². The third-order valence-electron chi connectivity index (χ3n) is 4.17. The van der Waals surface area contributed by atoms with Gasteiger partial charge in [0, 0.05) is 13.1 Å². The minimum absolute atomic E-state index is 0.0574. The highest BCUT2D eigenvalue weighted by atomic mass is 19.4. The lowest BCUT2D eigenvalue weighted by Gasteiger charge is -2.33. The first-order valence-electron chi connectivity index (χ1n) is 7.60. The zero-order valence-corrected chi connectivity index (χ0v) is 13.3. The monoisotopic (exact) mass is 378 g/mol. The van der Waals surface area contributed by atoms with E-state index in [1.165, 1.54) is 0 Å². The molecule has 144 valence electrons. The maximum atomic E-state index is 13.5. The summed E-state index contributed by atoms with van der Waals surface area (Å²) in [5.41, 5.74) is 1.81. The molecule has 0 bridgehead atoms. The zero-order chi connectivity index (χ0) is 19.1. The maximum absolute atomic E-state index is 13.5. The highest BCUT2D eigenvalue weighted by Crippen LogP contribution is 2.49. The Bertz CT molecular complexity index is 787. The lowest BCUT2D eigenvalue weighted by atomic mass is 9.93. The Kier molecular flexibility index (Phi) is 4.74. The summed E-state index contributed by atoms with van der Waals surface area (Å²) in [6, 6.07) is 0. The molecule has 3 rings (SSSR count). The summed E-state index contributed by atoms with van der Waals surface area (Å²) < 4.78 is 46.5. The van der Waals surface area contributed by atoms with Crippen LogP contribution in [0.1, 0.15) is 6.23 Å². The van der Waals surface area contributed by atoms with Crippen molar-refractivity contribution in [1.82, 2.24) is 19.5 Å². The molecule has 1 fully saturated rings. The molecular weight excluding hydrogens is 361 g/mol. The molecule has 6 N–H and O–H groups in total. The van der Waals surface area contributed by atoms with Crippen molar-refractivity contribution in [3.8, 4) is 0 Å². The molecule has 3 unspecified atom stereocenters.